The van der Waals surface area contributed by atoms with Crippen LogP contribution in [0.15, 0.2) is 33.9 Å². The topological polar surface area (TPSA) is 98.3 Å². The van der Waals surface area contributed by atoms with Crippen molar-refractivity contribution in [3.05, 3.63) is 51.5 Å². The van der Waals surface area contributed by atoms with Gasteiger partial charge in [0.25, 0.3) is 17.7 Å². The number of carbonyl (C=O) groups excluding carboxylic acids is 3. The number of rotatable bonds is 2. The number of halogens is 1. The summed E-state index contributed by atoms with van der Waals surface area (Å²) in [6, 6.07) is 4.91. The number of anilines is 1. The number of amides is 2. The first-order valence-corrected chi connectivity index (χ1v) is 10.0. The molecule has 8 nitrogen and oxygen atoms in total. The predicted octanol–water partition coefficient (Wildman–Crippen LogP) is 3.73. The van der Waals surface area contributed by atoms with E-state index in [-0.39, 0.29) is 17.0 Å². The molecule has 1 aliphatic heterocycles. The Kier molecular flexibility index (Phi) is 4.14. The molecule has 0 saturated heterocycles. The monoisotopic (exact) mass is 424 g/mol. The van der Waals surface area contributed by atoms with Crippen LogP contribution in [0.1, 0.15) is 47.5 Å². The summed E-state index contributed by atoms with van der Waals surface area (Å²) in [4.78, 5) is 40.1. The number of hydrogen-bond acceptors (Lipinski definition) is 6. The molecule has 0 fully saturated rings. The Morgan fingerprint density at radius 1 is 1.10 bits per heavy atom. The van der Waals surface area contributed by atoms with Crippen LogP contribution >= 0.6 is 11.6 Å². The number of hydrogen-bond donors (Lipinski definition) is 0. The minimum absolute atomic E-state index is 0.146. The van der Waals surface area contributed by atoms with Crippen molar-refractivity contribution in [1.29, 1.82) is 0 Å². The molecular formula is C21H17ClN4O4. The van der Waals surface area contributed by atoms with Gasteiger partial charge in [0, 0.05) is 16.5 Å². The largest absolute Gasteiger partial charge is 0.361 e. The fourth-order valence-corrected chi connectivity index (χ4v) is 4.46. The van der Waals surface area contributed by atoms with E-state index in [1.54, 1.807) is 32.0 Å². The van der Waals surface area contributed by atoms with E-state index in [1.165, 1.54) is 4.90 Å². The van der Waals surface area contributed by atoms with Crippen LogP contribution in [0.2, 0.25) is 5.15 Å². The first kappa shape index (κ1) is 18.7. The molecule has 2 aromatic heterocycles. The van der Waals surface area contributed by atoms with Gasteiger partial charge in [-0.3, -0.25) is 14.4 Å². The molecule has 2 aliphatic rings. The van der Waals surface area contributed by atoms with Gasteiger partial charge in [-0.2, -0.15) is 9.78 Å². The molecule has 3 aromatic rings. The summed E-state index contributed by atoms with van der Waals surface area (Å²) < 4.78 is 6.25. The summed E-state index contributed by atoms with van der Waals surface area (Å²) in [5.41, 5.74) is 2.72. The molecule has 2 amide bonds. The lowest BCUT2D eigenvalue weighted by atomic mass is 9.93. The minimum atomic E-state index is -0.447. The molecule has 5 rings (SSSR count). The zero-order chi connectivity index (χ0) is 21.2. The molecule has 9 heteroatoms. The number of nitrogens with zero attached hydrogens (tertiary/aromatic N) is 4. The van der Waals surface area contributed by atoms with Gasteiger partial charge in [-0.25, -0.2) is 4.90 Å². The molecule has 1 aromatic carbocycles. The normalized spacial score (nSPS) is 16.7. The molecule has 0 bridgehead atoms. The molecule has 0 saturated carbocycles. The average Bonchev–Trinajstić information content (AvgIpc) is 3.34. The van der Waals surface area contributed by atoms with Gasteiger partial charge in [0.2, 0.25) is 0 Å². The molecule has 0 atom stereocenters. The molecule has 3 heterocycles. The average molecular weight is 425 g/mol. The van der Waals surface area contributed by atoms with Crippen LogP contribution in [0.3, 0.4) is 0 Å². The number of aromatic nitrogens is 3. The standard InChI is InChI=1S/C21H17ClN4O4/c1-10-17(11(2)30-24-10)21(29)26-16-9-12(7-8-15(16)18(22)23-26)25-19(27)13-5-3-4-6-14(13)20(25)28/h7-9H,3-6H2,1-2H3. The molecule has 30 heavy (non-hydrogen) atoms. The maximum Gasteiger partial charge on any atom is 0.284 e. The number of imide groups is 1. The lowest BCUT2D eigenvalue weighted by Crippen LogP contribution is -2.31. The van der Waals surface area contributed by atoms with Gasteiger partial charge in [0.1, 0.15) is 11.3 Å². The SMILES string of the molecule is Cc1noc(C)c1C(=O)n1nc(Cl)c2ccc(N3C(=O)C4=C(CCCC4)C3=O)cc21. The van der Waals surface area contributed by atoms with Crippen molar-refractivity contribution in [2.24, 2.45) is 0 Å². The first-order valence-electron chi connectivity index (χ1n) is 9.65. The Hall–Kier alpha value is -3.26. The van der Waals surface area contributed by atoms with Crippen molar-refractivity contribution < 1.29 is 18.9 Å². The van der Waals surface area contributed by atoms with Crippen molar-refractivity contribution >= 4 is 45.9 Å². The highest BCUT2D eigenvalue weighted by atomic mass is 35.5. The second kappa shape index (κ2) is 6.63. The van der Waals surface area contributed by atoms with Crippen molar-refractivity contribution in [3.63, 3.8) is 0 Å². The number of fused-ring (bicyclic) bond motifs is 1. The molecule has 0 spiro atoms. The summed E-state index contributed by atoms with van der Waals surface area (Å²) in [7, 11) is 0. The zero-order valence-corrected chi connectivity index (χ0v) is 17.1. The van der Waals surface area contributed by atoms with E-state index in [2.05, 4.69) is 10.3 Å². The van der Waals surface area contributed by atoms with E-state index in [9.17, 15) is 14.4 Å². The highest BCUT2D eigenvalue weighted by Gasteiger charge is 2.40. The van der Waals surface area contributed by atoms with Gasteiger partial charge in [-0.1, -0.05) is 16.8 Å². The van der Waals surface area contributed by atoms with Crippen LogP contribution in [-0.2, 0) is 9.59 Å². The van der Waals surface area contributed by atoms with Crippen molar-refractivity contribution in [3.8, 4) is 0 Å². The van der Waals surface area contributed by atoms with Crippen LogP contribution in [0, 0.1) is 13.8 Å². The number of aryl methyl sites for hydroxylation is 2. The summed E-state index contributed by atoms with van der Waals surface area (Å²) in [6.07, 6.45) is 3.04. The Morgan fingerprint density at radius 2 is 1.77 bits per heavy atom. The highest BCUT2D eigenvalue weighted by Crippen LogP contribution is 2.37. The van der Waals surface area contributed by atoms with Crippen LogP contribution in [0.5, 0.6) is 0 Å². The Balaban J connectivity index is 1.62. The van der Waals surface area contributed by atoms with E-state index in [1.807, 2.05) is 0 Å². The summed E-state index contributed by atoms with van der Waals surface area (Å²) in [5.74, 6) is -0.654. The third kappa shape index (κ3) is 2.56. The lowest BCUT2D eigenvalue weighted by Gasteiger charge is -2.15. The maximum absolute atomic E-state index is 13.1. The van der Waals surface area contributed by atoms with Crippen molar-refractivity contribution in [2.45, 2.75) is 39.5 Å². The summed E-state index contributed by atoms with van der Waals surface area (Å²) in [5, 5.41) is 8.67. The zero-order valence-electron chi connectivity index (χ0n) is 16.4. The second-order valence-corrected chi connectivity index (χ2v) is 7.88. The van der Waals surface area contributed by atoms with E-state index >= 15 is 0 Å². The van der Waals surface area contributed by atoms with Gasteiger partial charge in [-0.15, -0.1) is 0 Å². The molecule has 152 valence electrons. The van der Waals surface area contributed by atoms with E-state index in [0.29, 0.717) is 57.6 Å². The van der Waals surface area contributed by atoms with Crippen molar-refractivity contribution in [2.75, 3.05) is 4.90 Å². The van der Waals surface area contributed by atoms with E-state index < -0.39 is 5.91 Å². The quantitative estimate of drug-likeness (QED) is 0.581. The third-order valence-corrected chi connectivity index (χ3v) is 5.99. The van der Waals surface area contributed by atoms with Gasteiger partial charge < -0.3 is 4.52 Å². The van der Waals surface area contributed by atoms with Crippen LogP contribution in [0.25, 0.3) is 10.9 Å². The summed E-state index contributed by atoms with van der Waals surface area (Å²) in [6.45, 7) is 3.31. The first-order chi connectivity index (χ1) is 14.4. The Labute approximate surface area is 176 Å². The van der Waals surface area contributed by atoms with Crippen LogP contribution in [0.4, 0.5) is 5.69 Å². The molecule has 0 unspecified atom stereocenters. The number of carbonyl (C=O) groups is 3. The molecule has 0 radical (unpaired) electrons. The van der Waals surface area contributed by atoms with E-state index in [4.69, 9.17) is 16.1 Å². The van der Waals surface area contributed by atoms with Gasteiger partial charge in [-0.05, 0) is 57.7 Å². The highest BCUT2D eigenvalue weighted by molar-refractivity contribution is 6.35. The molecule has 0 N–H and O–H groups in total. The molecule has 1 aliphatic carbocycles. The van der Waals surface area contributed by atoms with E-state index in [0.717, 1.165) is 17.5 Å². The fourth-order valence-electron chi connectivity index (χ4n) is 4.23. The smallest absolute Gasteiger partial charge is 0.284 e. The minimum Gasteiger partial charge on any atom is -0.361 e. The Morgan fingerprint density at radius 3 is 2.37 bits per heavy atom. The van der Waals surface area contributed by atoms with Gasteiger partial charge >= 0.3 is 0 Å². The number of benzene rings is 1. The van der Waals surface area contributed by atoms with Crippen LogP contribution < -0.4 is 4.90 Å². The maximum atomic E-state index is 13.1. The predicted molar refractivity (Wildman–Crippen MR) is 108 cm³/mol. The van der Waals surface area contributed by atoms with Crippen LogP contribution in [-0.4, -0.2) is 32.7 Å². The Bertz CT molecular complexity index is 1250. The second-order valence-electron chi connectivity index (χ2n) is 7.52. The lowest BCUT2D eigenvalue weighted by molar-refractivity contribution is -0.120. The van der Waals surface area contributed by atoms with Crippen molar-refractivity contribution in [1.82, 2.24) is 14.9 Å². The summed E-state index contributed by atoms with van der Waals surface area (Å²) >= 11 is 6.25. The van der Waals surface area contributed by atoms with Gasteiger partial charge in [0.05, 0.1) is 16.9 Å². The van der Waals surface area contributed by atoms with Gasteiger partial charge in [0.15, 0.2) is 5.15 Å². The third-order valence-electron chi connectivity index (χ3n) is 5.71. The molecular weight excluding hydrogens is 408 g/mol. The fraction of sp³-hybridized carbons (Fsp3) is 0.286.